The van der Waals surface area contributed by atoms with Gasteiger partial charge < -0.3 is 0 Å². The van der Waals surface area contributed by atoms with Gasteiger partial charge in [0.15, 0.2) is 0 Å². The molecule has 1 heterocycles. The van der Waals surface area contributed by atoms with Gasteiger partial charge in [0.2, 0.25) is 0 Å². The van der Waals surface area contributed by atoms with Crippen molar-refractivity contribution in [2.75, 3.05) is 10.8 Å². The molecule has 0 amide bonds. The second kappa shape index (κ2) is 4.59. The Morgan fingerprint density at radius 2 is 1.80 bits per heavy atom. The Labute approximate surface area is 117 Å². The summed E-state index contributed by atoms with van der Waals surface area (Å²) < 4.78 is 40.4. The lowest BCUT2D eigenvalue weighted by Crippen LogP contribution is -2.29. The maximum Gasteiger partial charge on any atom is 0.264 e. The van der Waals surface area contributed by atoms with E-state index in [9.17, 15) is 12.8 Å². The number of aryl methyl sites for hydroxylation is 1. The second-order valence-electron chi connectivity index (χ2n) is 4.89. The first-order valence-electron chi connectivity index (χ1n) is 6.37. The molecule has 2 aromatic rings. The number of anilines is 1. The molecule has 5 heteroatoms. The minimum Gasteiger partial charge on any atom is -0.263 e. The van der Waals surface area contributed by atoms with Gasteiger partial charge in [-0.3, -0.25) is 4.31 Å². The number of nitrogens with zero attached hydrogens (tertiary/aromatic N) is 1. The molecule has 0 atom stereocenters. The smallest absolute Gasteiger partial charge is 0.263 e. The Balaban J connectivity index is 2.09. The lowest BCUT2D eigenvalue weighted by Gasteiger charge is -2.20. The Kier molecular flexibility index (Phi) is 3.01. The van der Waals surface area contributed by atoms with Gasteiger partial charge in [-0.2, -0.15) is 0 Å². The van der Waals surface area contributed by atoms with Crippen LogP contribution in [0.2, 0.25) is 0 Å². The fourth-order valence-electron chi connectivity index (χ4n) is 2.45. The Hall–Kier alpha value is -1.88. The van der Waals surface area contributed by atoms with Crippen LogP contribution in [0.1, 0.15) is 11.1 Å². The Morgan fingerprint density at radius 1 is 1.10 bits per heavy atom. The molecule has 3 nitrogen and oxygen atoms in total. The van der Waals surface area contributed by atoms with E-state index in [0.717, 1.165) is 11.1 Å². The summed E-state index contributed by atoms with van der Waals surface area (Å²) >= 11 is 0. The molecule has 1 aliphatic rings. The number of fused-ring (bicyclic) bond motifs is 1. The van der Waals surface area contributed by atoms with Gasteiger partial charge in [-0.25, -0.2) is 12.8 Å². The zero-order chi connectivity index (χ0) is 14.3. The van der Waals surface area contributed by atoms with Crippen LogP contribution in [0.4, 0.5) is 10.1 Å². The molecule has 2 aromatic carbocycles. The summed E-state index contributed by atoms with van der Waals surface area (Å²) in [6.45, 7) is 2.17. The monoisotopic (exact) mass is 291 g/mol. The quantitative estimate of drug-likeness (QED) is 0.853. The molecule has 0 fully saturated rings. The first-order valence-corrected chi connectivity index (χ1v) is 7.81. The van der Waals surface area contributed by atoms with Crippen molar-refractivity contribution in [1.29, 1.82) is 0 Å². The van der Waals surface area contributed by atoms with Gasteiger partial charge in [-0.05, 0) is 37.1 Å². The molecule has 104 valence electrons. The lowest BCUT2D eigenvalue weighted by atomic mass is 10.2. The third kappa shape index (κ3) is 1.98. The molecule has 3 rings (SSSR count). The van der Waals surface area contributed by atoms with Crippen LogP contribution in [0.3, 0.4) is 0 Å². The summed E-state index contributed by atoms with van der Waals surface area (Å²) in [5.74, 6) is -0.490. The summed E-state index contributed by atoms with van der Waals surface area (Å²) in [7, 11) is -3.70. The number of halogens is 1. The van der Waals surface area contributed by atoms with Crippen molar-refractivity contribution >= 4 is 15.7 Å². The minimum absolute atomic E-state index is 0.188. The van der Waals surface area contributed by atoms with Gasteiger partial charge in [-0.15, -0.1) is 0 Å². The van der Waals surface area contributed by atoms with Crippen molar-refractivity contribution in [3.8, 4) is 0 Å². The van der Waals surface area contributed by atoms with Crippen LogP contribution in [0, 0.1) is 12.7 Å². The molecule has 0 spiro atoms. The van der Waals surface area contributed by atoms with Crippen molar-refractivity contribution < 1.29 is 12.8 Å². The summed E-state index contributed by atoms with van der Waals surface area (Å²) in [5.41, 5.74) is 1.91. The van der Waals surface area contributed by atoms with E-state index in [0.29, 0.717) is 6.42 Å². The largest absolute Gasteiger partial charge is 0.264 e. The number of para-hydroxylation sites is 1. The van der Waals surface area contributed by atoms with Crippen LogP contribution in [0.5, 0.6) is 0 Å². The first kappa shape index (κ1) is 13.1. The molecule has 0 saturated carbocycles. The molecule has 0 N–H and O–H groups in total. The first-order chi connectivity index (χ1) is 9.50. The van der Waals surface area contributed by atoms with E-state index in [4.69, 9.17) is 0 Å². The van der Waals surface area contributed by atoms with Crippen LogP contribution < -0.4 is 4.31 Å². The van der Waals surface area contributed by atoms with E-state index in [1.54, 1.807) is 36.4 Å². The average Bonchev–Trinajstić information content (AvgIpc) is 2.85. The lowest BCUT2D eigenvalue weighted by molar-refractivity contribution is 0.588. The van der Waals surface area contributed by atoms with E-state index < -0.39 is 15.8 Å². The molecule has 0 bridgehead atoms. The van der Waals surface area contributed by atoms with Gasteiger partial charge in [0.1, 0.15) is 5.82 Å². The SMILES string of the molecule is Cc1ccc(S(=O)(=O)N2CCc3cccc(F)c32)cc1. The number of hydrogen-bond donors (Lipinski definition) is 0. The van der Waals surface area contributed by atoms with Gasteiger partial charge in [0.05, 0.1) is 10.6 Å². The molecule has 1 aliphatic heterocycles. The second-order valence-corrected chi connectivity index (χ2v) is 6.75. The van der Waals surface area contributed by atoms with Crippen LogP contribution in [-0.2, 0) is 16.4 Å². The average molecular weight is 291 g/mol. The summed E-state index contributed by atoms with van der Waals surface area (Å²) in [4.78, 5) is 0.194. The van der Waals surface area contributed by atoms with Gasteiger partial charge in [0, 0.05) is 6.54 Å². The summed E-state index contributed by atoms with van der Waals surface area (Å²) in [6.07, 6.45) is 0.540. The van der Waals surface area contributed by atoms with Crippen LogP contribution in [0.25, 0.3) is 0 Å². The minimum atomic E-state index is -3.70. The van der Waals surface area contributed by atoms with Gasteiger partial charge in [0.25, 0.3) is 10.0 Å². The number of benzene rings is 2. The van der Waals surface area contributed by atoms with E-state index in [2.05, 4.69) is 0 Å². The van der Waals surface area contributed by atoms with Crippen LogP contribution in [-0.4, -0.2) is 15.0 Å². The summed E-state index contributed by atoms with van der Waals surface area (Å²) in [6, 6.07) is 11.3. The Bertz CT molecular complexity index is 754. The van der Waals surface area contributed by atoms with E-state index >= 15 is 0 Å². The predicted molar refractivity (Wildman–Crippen MR) is 75.8 cm³/mol. The highest BCUT2D eigenvalue weighted by molar-refractivity contribution is 7.92. The molecular weight excluding hydrogens is 277 g/mol. The summed E-state index contributed by atoms with van der Waals surface area (Å²) in [5, 5.41) is 0. The van der Waals surface area contributed by atoms with Crippen molar-refractivity contribution in [3.63, 3.8) is 0 Å². The molecule has 0 radical (unpaired) electrons. The van der Waals surface area contributed by atoms with E-state index in [1.807, 2.05) is 6.92 Å². The third-order valence-electron chi connectivity index (χ3n) is 3.51. The molecular formula is C15H14FNO2S. The number of hydrogen-bond acceptors (Lipinski definition) is 2. The number of sulfonamides is 1. The van der Waals surface area contributed by atoms with E-state index in [1.165, 1.54) is 10.4 Å². The highest BCUT2D eigenvalue weighted by Gasteiger charge is 2.32. The van der Waals surface area contributed by atoms with Crippen molar-refractivity contribution in [1.82, 2.24) is 0 Å². The van der Waals surface area contributed by atoms with Crippen molar-refractivity contribution in [3.05, 3.63) is 59.4 Å². The zero-order valence-electron chi connectivity index (χ0n) is 11.0. The third-order valence-corrected chi connectivity index (χ3v) is 5.33. The highest BCUT2D eigenvalue weighted by atomic mass is 32.2. The molecule has 0 aromatic heterocycles. The molecule has 0 unspecified atom stereocenters. The predicted octanol–water partition coefficient (Wildman–Crippen LogP) is 2.89. The zero-order valence-corrected chi connectivity index (χ0v) is 11.8. The molecule has 0 aliphatic carbocycles. The fraction of sp³-hybridized carbons (Fsp3) is 0.200. The van der Waals surface area contributed by atoms with Crippen LogP contribution in [0.15, 0.2) is 47.4 Å². The van der Waals surface area contributed by atoms with Crippen molar-refractivity contribution in [2.45, 2.75) is 18.2 Å². The van der Waals surface area contributed by atoms with E-state index in [-0.39, 0.29) is 17.1 Å². The maximum atomic E-state index is 13.9. The van der Waals surface area contributed by atoms with Gasteiger partial charge in [-0.1, -0.05) is 29.8 Å². The standard InChI is InChI=1S/C15H14FNO2S/c1-11-5-7-13(8-6-11)20(18,19)17-10-9-12-3-2-4-14(16)15(12)17/h2-8H,9-10H2,1H3. The molecule has 0 saturated heterocycles. The normalized spacial score (nSPS) is 14.4. The maximum absolute atomic E-state index is 13.9. The van der Waals surface area contributed by atoms with Gasteiger partial charge >= 0.3 is 0 Å². The fourth-order valence-corrected chi connectivity index (χ4v) is 3.96. The van der Waals surface area contributed by atoms with Crippen LogP contribution >= 0.6 is 0 Å². The van der Waals surface area contributed by atoms with Crippen molar-refractivity contribution in [2.24, 2.45) is 0 Å². The highest BCUT2D eigenvalue weighted by Crippen LogP contribution is 2.35. The Morgan fingerprint density at radius 3 is 2.50 bits per heavy atom. The molecule has 20 heavy (non-hydrogen) atoms. The number of rotatable bonds is 2. The topological polar surface area (TPSA) is 37.4 Å².